The van der Waals surface area contributed by atoms with E-state index in [4.69, 9.17) is 5.73 Å². The van der Waals surface area contributed by atoms with Gasteiger partial charge in [-0.1, -0.05) is 19.1 Å². The van der Waals surface area contributed by atoms with Crippen LogP contribution in [0.1, 0.15) is 32.4 Å². The van der Waals surface area contributed by atoms with Crippen LogP contribution in [0.25, 0.3) is 0 Å². The number of hydrogen-bond donors (Lipinski definition) is 3. The smallest absolute Gasteiger partial charge is 0.241 e. The van der Waals surface area contributed by atoms with E-state index in [1.807, 2.05) is 13.8 Å². The van der Waals surface area contributed by atoms with E-state index in [-0.39, 0.29) is 10.9 Å². The molecule has 0 saturated carbocycles. The van der Waals surface area contributed by atoms with Crippen molar-refractivity contribution in [3.8, 4) is 0 Å². The first-order chi connectivity index (χ1) is 9.27. The van der Waals surface area contributed by atoms with E-state index in [0.717, 1.165) is 12.1 Å². The molecule has 4 N–H and O–H groups in total. The van der Waals surface area contributed by atoms with Crippen LogP contribution in [-0.2, 0) is 14.8 Å². The van der Waals surface area contributed by atoms with Gasteiger partial charge in [-0.3, -0.25) is 4.79 Å². The Morgan fingerprint density at radius 3 is 2.25 bits per heavy atom. The van der Waals surface area contributed by atoms with Crippen molar-refractivity contribution in [1.29, 1.82) is 0 Å². The highest BCUT2D eigenvalue weighted by Gasteiger charge is 2.20. The number of nitrogens with one attached hydrogen (secondary N) is 2. The zero-order valence-electron chi connectivity index (χ0n) is 11.9. The van der Waals surface area contributed by atoms with Crippen molar-refractivity contribution in [3.05, 3.63) is 29.8 Å². The number of benzene rings is 1. The van der Waals surface area contributed by atoms with Crippen molar-refractivity contribution in [2.45, 2.75) is 37.8 Å². The zero-order chi connectivity index (χ0) is 15.3. The molecule has 2 unspecified atom stereocenters. The van der Waals surface area contributed by atoms with Gasteiger partial charge in [0.1, 0.15) is 0 Å². The lowest BCUT2D eigenvalue weighted by molar-refractivity contribution is -0.119. The number of sulfonamides is 1. The van der Waals surface area contributed by atoms with Crippen LogP contribution in [0.3, 0.4) is 0 Å². The molecule has 0 aliphatic carbocycles. The van der Waals surface area contributed by atoms with E-state index in [0.29, 0.717) is 0 Å². The molecule has 7 heteroatoms. The van der Waals surface area contributed by atoms with Crippen LogP contribution in [0.4, 0.5) is 0 Å². The summed E-state index contributed by atoms with van der Waals surface area (Å²) in [6.07, 6.45) is 0. The molecule has 0 aliphatic rings. The highest BCUT2D eigenvalue weighted by Crippen LogP contribution is 2.16. The topological polar surface area (TPSA) is 101 Å². The monoisotopic (exact) mass is 299 g/mol. The largest absolute Gasteiger partial charge is 0.368 e. The van der Waals surface area contributed by atoms with E-state index in [2.05, 4.69) is 10.0 Å². The Kier molecular flexibility index (Phi) is 5.67. The van der Waals surface area contributed by atoms with Crippen LogP contribution >= 0.6 is 0 Å². The molecule has 0 bridgehead atoms. The zero-order valence-corrected chi connectivity index (χ0v) is 12.7. The number of primary amides is 1. The summed E-state index contributed by atoms with van der Waals surface area (Å²) >= 11 is 0. The molecular formula is C13H21N3O3S. The minimum atomic E-state index is -3.73. The summed E-state index contributed by atoms with van der Waals surface area (Å²) in [6, 6.07) is 5.72. The van der Waals surface area contributed by atoms with Gasteiger partial charge in [0.05, 0.1) is 10.9 Å². The third kappa shape index (κ3) is 4.29. The Hall–Kier alpha value is -1.44. The molecule has 2 atom stereocenters. The second-order valence-corrected chi connectivity index (χ2v) is 6.31. The van der Waals surface area contributed by atoms with Crippen molar-refractivity contribution < 1.29 is 13.2 Å². The Labute approximate surface area is 119 Å². The maximum absolute atomic E-state index is 12.0. The summed E-state index contributed by atoms with van der Waals surface area (Å²) in [7, 11) is -3.73. The minimum absolute atomic E-state index is 0.109. The molecule has 1 aromatic rings. The highest BCUT2D eigenvalue weighted by molar-refractivity contribution is 7.89. The van der Waals surface area contributed by atoms with Gasteiger partial charge in [0.2, 0.25) is 15.9 Å². The molecule has 0 heterocycles. The second-order valence-electron chi connectivity index (χ2n) is 4.59. The lowest BCUT2D eigenvalue weighted by Crippen LogP contribution is -2.42. The predicted octanol–water partition coefficient (Wildman–Crippen LogP) is 0.509. The van der Waals surface area contributed by atoms with Crippen LogP contribution in [0.5, 0.6) is 0 Å². The van der Waals surface area contributed by atoms with Gasteiger partial charge in [-0.2, -0.15) is 4.72 Å². The van der Waals surface area contributed by atoms with Gasteiger partial charge in [0.25, 0.3) is 0 Å². The second kappa shape index (κ2) is 6.83. The summed E-state index contributed by atoms with van der Waals surface area (Å²) < 4.78 is 26.3. The summed E-state index contributed by atoms with van der Waals surface area (Å²) in [5.74, 6) is -0.717. The standard InChI is InChI=1S/C13H21N3O3S/c1-4-15-9(2)11-5-7-12(8-6-11)20(18,19)16-10(3)13(14)17/h5-10,15-16H,4H2,1-3H3,(H2,14,17). The fourth-order valence-corrected chi connectivity index (χ4v) is 2.93. The minimum Gasteiger partial charge on any atom is -0.368 e. The van der Waals surface area contributed by atoms with E-state index in [1.54, 1.807) is 12.1 Å². The van der Waals surface area contributed by atoms with Crippen LogP contribution in [0.2, 0.25) is 0 Å². The number of carbonyl (C=O) groups excluding carboxylic acids is 1. The molecule has 0 saturated heterocycles. The van der Waals surface area contributed by atoms with Crippen molar-refractivity contribution in [3.63, 3.8) is 0 Å². The molecule has 20 heavy (non-hydrogen) atoms. The Balaban J connectivity index is 2.89. The van der Waals surface area contributed by atoms with E-state index >= 15 is 0 Å². The van der Waals surface area contributed by atoms with E-state index in [9.17, 15) is 13.2 Å². The molecule has 0 aliphatic heterocycles. The van der Waals surface area contributed by atoms with Gasteiger partial charge < -0.3 is 11.1 Å². The van der Waals surface area contributed by atoms with Gasteiger partial charge in [0, 0.05) is 6.04 Å². The van der Waals surface area contributed by atoms with Gasteiger partial charge in [-0.05, 0) is 38.1 Å². The first kappa shape index (κ1) is 16.6. The van der Waals surface area contributed by atoms with E-state index < -0.39 is 22.0 Å². The molecule has 112 valence electrons. The number of amides is 1. The van der Waals surface area contributed by atoms with Crippen molar-refractivity contribution >= 4 is 15.9 Å². The third-order valence-corrected chi connectivity index (χ3v) is 4.52. The first-order valence-electron chi connectivity index (χ1n) is 6.43. The van der Waals surface area contributed by atoms with Crippen LogP contribution in [0.15, 0.2) is 29.2 Å². The fourth-order valence-electron chi connectivity index (χ4n) is 1.72. The molecule has 1 amide bonds. The highest BCUT2D eigenvalue weighted by atomic mass is 32.2. The first-order valence-corrected chi connectivity index (χ1v) is 7.91. The predicted molar refractivity (Wildman–Crippen MR) is 77.5 cm³/mol. The third-order valence-electron chi connectivity index (χ3n) is 2.96. The maximum Gasteiger partial charge on any atom is 0.241 e. The van der Waals surface area contributed by atoms with Gasteiger partial charge in [-0.15, -0.1) is 0 Å². The summed E-state index contributed by atoms with van der Waals surface area (Å²) in [5.41, 5.74) is 6.04. The summed E-state index contributed by atoms with van der Waals surface area (Å²) in [4.78, 5) is 11.0. The molecule has 1 aromatic carbocycles. The Bertz CT molecular complexity index is 555. The summed E-state index contributed by atoms with van der Waals surface area (Å²) in [5, 5.41) is 3.24. The van der Waals surface area contributed by atoms with Crippen molar-refractivity contribution in [1.82, 2.24) is 10.0 Å². The Morgan fingerprint density at radius 2 is 1.80 bits per heavy atom. The van der Waals surface area contributed by atoms with Gasteiger partial charge in [0.15, 0.2) is 0 Å². The Morgan fingerprint density at radius 1 is 1.25 bits per heavy atom. The molecule has 0 fully saturated rings. The SMILES string of the molecule is CCNC(C)c1ccc(S(=O)(=O)NC(C)C(N)=O)cc1. The molecular weight excluding hydrogens is 278 g/mol. The van der Waals surface area contributed by atoms with Crippen molar-refractivity contribution in [2.24, 2.45) is 5.73 Å². The molecule has 0 radical (unpaired) electrons. The number of rotatable bonds is 7. The number of nitrogens with two attached hydrogens (primary N) is 1. The lowest BCUT2D eigenvalue weighted by Gasteiger charge is -2.14. The normalized spacial score (nSPS) is 14.8. The van der Waals surface area contributed by atoms with Crippen LogP contribution in [0, 0.1) is 0 Å². The molecule has 0 aromatic heterocycles. The average molecular weight is 299 g/mol. The lowest BCUT2D eigenvalue weighted by atomic mass is 10.1. The van der Waals surface area contributed by atoms with E-state index in [1.165, 1.54) is 19.1 Å². The molecule has 0 spiro atoms. The maximum atomic E-state index is 12.0. The number of hydrogen-bond acceptors (Lipinski definition) is 4. The molecule has 6 nitrogen and oxygen atoms in total. The average Bonchev–Trinajstić information content (AvgIpc) is 2.38. The van der Waals surface area contributed by atoms with Gasteiger partial charge in [-0.25, -0.2) is 8.42 Å². The molecule has 1 rings (SSSR count). The number of carbonyl (C=O) groups is 1. The summed E-state index contributed by atoms with van der Waals surface area (Å²) in [6.45, 7) is 6.24. The fraction of sp³-hybridized carbons (Fsp3) is 0.462. The quantitative estimate of drug-likeness (QED) is 0.682. The van der Waals surface area contributed by atoms with Crippen LogP contribution < -0.4 is 15.8 Å². The van der Waals surface area contributed by atoms with Crippen LogP contribution in [-0.4, -0.2) is 26.9 Å². The van der Waals surface area contributed by atoms with Crippen molar-refractivity contribution in [2.75, 3.05) is 6.54 Å². The van der Waals surface area contributed by atoms with Gasteiger partial charge >= 0.3 is 0 Å².